The van der Waals surface area contributed by atoms with Crippen LogP contribution in [0.25, 0.3) is 86.6 Å². The molecule has 0 saturated heterocycles. The maximum Gasteiger partial charge on any atom is 0.333 e. The Morgan fingerprint density at radius 2 is 1.19 bits per heavy atom. The van der Waals surface area contributed by atoms with Gasteiger partial charge in [0.15, 0.2) is 0 Å². The quantitative estimate of drug-likeness (QED) is 0.149. The maximum atomic E-state index is 4.91. The molecule has 0 saturated carbocycles. The predicted molar refractivity (Wildman–Crippen MR) is 300 cm³/mol. The third-order valence-corrected chi connectivity index (χ3v) is 17.8. The van der Waals surface area contributed by atoms with Crippen molar-refractivity contribution < 1.29 is 0 Å². The highest BCUT2D eigenvalue weighted by atomic mass is 32.1. The molecule has 2 nitrogen and oxygen atoms in total. The smallest absolute Gasteiger partial charge is 0.333 e. The van der Waals surface area contributed by atoms with Crippen molar-refractivity contribution in [2.75, 3.05) is 4.81 Å². The largest absolute Gasteiger partial charge is 0.376 e. The van der Waals surface area contributed by atoms with E-state index in [-0.39, 0.29) is 28.5 Å². The molecule has 0 radical (unpaired) electrons. The van der Waals surface area contributed by atoms with E-state index in [1.54, 1.807) is 0 Å². The van der Waals surface area contributed by atoms with Crippen molar-refractivity contribution >= 4 is 88.0 Å². The Bertz CT molecular complexity index is 4000. The van der Waals surface area contributed by atoms with Crippen LogP contribution in [-0.4, -0.2) is 11.4 Å². The van der Waals surface area contributed by atoms with E-state index in [1.165, 1.54) is 142 Å². The summed E-state index contributed by atoms with van der Waals surface area (Å²) in [5.74, 6) is 0. The zero-order chi connectivity index (χ0) is 47.6. The van der Waals surface area contributed by atoms with Gasteiger partial charge in [-0.2, -0.15) is 0 Å². The van der Waals surface area contributed by atoms with Gasteiger partial charge in [0.2, 0.25) is 0 Å². The third-order valence-electron chi connectivity index (χ3n) is 16.7. The predicted octanol–water partition coefficient (Wildman–Crippen LogP) is 16.6. The van der Waals surface area contributed by atoms with Gasteiger partial charge in [0.25, 0.3) is 0 Å². The Hall–Kier alpha value is -6.62. The van der Waals surface area contributed by atoms with Gasteiger partial charge in [-0.1, -0.05) is 168 Å². The zero-order valence-electron chi connectivity index (χ0n) is 41.8. The van der Waals surface area contributed by atoms with Gasteiger partial charge >= 0.3 is 6.85 Å². The summed E-state index contributed by atoms with van der Waals surface area (Å²) in [4.78, 5) is 2.74. The van der Waals surface area contributed by atoms with Crippen molar-refractivity contribution in [1.29, 1.82) is 0 Å². The molecule has 0 bridgehead atoms. The second kappa shape index (κ2) is 13.2. The van der Waals surface area contributed by atoms with E-state index < -0.39 is 0 Å². The van der Waals surface area contributed by atoms with Gasteiger partial charge in [-0.05, 0) is 148 Å². The molecule has 0 fully saturated rings. The summed E-state index contributed by atoms with van der Waals surface area (Å²) in [6.45, 7) is 30.7. The summed E-state index contributed by atoms with van der Waals surface area (Å²) in [6.07, 6.45) is 0. The topological polar surface area (TPSA) is 8.17 Å². The molecule has 14 rings (SSSR count). The second-order valence-electron chi connectivity index (χ2n) is 24.2. The fraction of sp³-hybridized carbons (Fsp3) is 0.231. The van der Waals surface area contributed by atoms with Crippen LogP contribution in [-0.2, 0) is 21.7 Å². The van der Waals surface area contributed by atoms with E-state index in [0.29, 0.717) is 0 Å². The minimum Gasteiger partial charge on any atom is -0.376 e. The molecule has 69 heavy (non-hydrogen) atoms. The average Bonchev–Trinajstić information content (AvgIpc) is 4.01. The highest BCUT2D eigenvalue weighted by molar-refractivity contribution is 7.26. The van der Waals surface area contributed by atoms with Gasteiger partial charge in [-0.15, -0.1) is 11.3 Å². The monoisotopic (exact) mass is 908 g/mol. The summed E-state index contributed by atoms with van der Waals surface area (Å²) in [5, 5.41) is 5.38. The van der Waals surface area contributed by atoms with Crippen LogP contribution in [0, 0.1) is 0 Å². The Kier molecular flexibility index (Phi) is 7.89. The molecular weight excluding hydrogens is 852 g/mol. The molecule has 0 N–H and O–H groups in total. The summed E-state index contributed by atoms with van der Waals surface area (Å²) in [6, 6.07) is 52.7. The third kappa shape index (κ3) is 5.34. The molecule has 2 aliphatic heterocycles. The number of anilines is 2. The molecule has 4 heterocycles. The van der Waals surface area contributed by atoms with Crippen LogP contribution < -0.4 is 15.7 Å². The Labute approximate surface area is 411 Å². The first-order chi connectivity index (χ1) is 32.8. The first kappa shape index (κ1) is 41.4. The van der Waals surface area contributed by atoms with Crippen molar-refractivity contribution in [3.63, 3.8) is 0 Å². The molecule has 2 aliphatic carbocycles. The van der Waals surface area contributed by atoms with Crippen LogP contribution in [0.15, 0.2) is 140 Å². The molecule has 10 aromatic rings. The number of hydrogen-bond donors (Lipinski definition) is 0. The number of aromatic nitrogens is 1. The van der Waals surface area contributed by atoms with Crippen LogP contribution in [0.5, 0.6) is 0 Å². The van der Waals surface area contributed by atoms with Crippen molar-refractivity contribution in [2.45, 2.75) is 97.8 Å². The van der Waals surface area contributed by atoms with Gasteiger partial charge in [-0.25, -0.2) is 0 Å². The lowest BCUT2D eigenvalue weighted by Gasteiger charge is -2.44. The Morgan fingerprint density at radius 1 is 0.522 bits per heavy atom. The van der Waals surface area contributed by atoms with Gasteiger partial charge in [0.05, 0.1) is 11.0 Å². The minimum absolute atomic E-state index is 0.0182. The number of thiophene rings is 1. The van der Waals surface area contributed by atoms with Crippen LogP contribution >= 0.6 is 11.3 Å². The second-order valence-corrected chi connectivity index (χ2v) is 25.3. The molecule has 0 spiro atoms. The van der Waals surface area contributed by atoms with E-state index in [4.69, 9.17) is 6.58 Å². The summed E-state index contributed by atoms with van der Waals surface area (Å²) in [5.41, 5.74) is 27.3. The van der Waals surface area contributed by atoms with Crippen molar-refractivity contribution in [3.05, 3.63) is 179 Å². The average molecular weight is 909 g/mol. The summed E-state index contributed by atoms with van der Waals surface area (Å²) >= 11 is 1.92. The first-order valence-corrected chi connectivity index (χ1v) is 25.8. The summed E-state index contributed by atoms with van der Waals surface area (Å²) in [7, 11) is 0. The number of rotatable bonds is 1. The van der Waals surface area contributed by atoms with E-state index in [0.717, 1.165) is 5.57 Å². The zero-order valence-corrected chi connectivity index (χ0v) is 42.6. The van der Waals surface area contributed by atoms with E-state index >= 15 is 0 Å². The fourth-order valence-corrected chi connectivity index (χ4v) is 14.2. The van der Waals surface area contributed by atoms with Gasteiger partial charge in [0.1, 0.15) is 0 Å². The van der Waals surface area contributed by atoms with Gasteiger partial charge in [-0.3, -0.25) is 0 Å². The van der Waals surface area contributed by atoms with Crippen molar-refractivity contribution in [1.82, 2.24) is 4.57 Å². The molecule has 8 aromatic carbocycles. The molecule has 0 amide bonds. The molecular formula is C65H57BN2S. The highest BCUT2D eigenvalue weighted by Crippen LogP contribution is 2.60. The molecule has 2 aromatic heterocycles. The lowest BCUT2D eigenvalue weighted by molar-refractivity contribution is 0.590. The summed E-state index contributed by atoms with van der Waals surface area (Å²) < 4.78 is 5.35. The van der Waals surface area contributed by atoms with Gasteiger partial charge in [0, 0.05) is 59.0 Å². The SMILES string of the molecule is C=C1c2cc(C(C)(C)C)ccc2-c2cc3c(cc21)N(c1ccc(C(C)(C)C)cc1)B1c2cc4c(cc2-n2c5ccc(C(C)(C)C)cc5c5c6c(c-3c1c52)C(C)(C)c1ccccc1-6)sc1ccccc14. The Morgan fingerprint density at radius 3 is 1.94 bits per heavy atom. The molecule has 0 atom stereocenters. The first-order valence-electron chi connectivity index (χ1n) is 25.0. The fourth-order valence-electron chi connectivity index (χ4n) is 13.1. The maximum absolute atomic E-state index is 4.91. The van der Waals surface area contributed by atoms with E-state index in [2.05, 4.69) is 219 Å². The highest BCUT2D eigenvalue weighted by Gasteiger charge is 2.51. The normalized spacial score (nSPS) is 15.3. The number of fused-ring (bicyclic) bond motifs is 19. The van der Waals surface area contributed by atoms with Crippen LogP contribution in [0.2, 0.25) is 0 Å². The number of hydrogen-bond acceptors (Lipinski definition) is 2. The molecule has 336 valence electrons. The molecule has 4 aliphatic rings. The van der Waals surface area contributed by atoms with E-state index in [9.17, 15) is 0 Å². The number of benzene rings is 8. The van der Waals surface area contributed by atoms with Crippen LogP contribution in [0.3, 0.4) is 0 Å². The van der Waals surface area contributed by atoms with Crippen LogP contribution in [0.4, 0.5) is 11.4 Å². The Balaban J connectivity index is 1.21. The standard InChI is InChI=1S/C65H57BN2S/c1-35-43-29-37(63(5,6)7)23-27-40(43)45-31-48-52(33-44(35)45)68(39-25-21-36(22-26-39)62(2,3)4)66-50-32-46-41-17-14-16-20-54(41)69-55(46)34-53(50)67-51-28-24-38(64(8,9)10)30-47(51)57-56-42-18-13-15-19-49(42)65(11,12)59(56)58(48)60(66)61(57)67/h13-34H,1H2,2-12H3. The van der Waals surface area contributed by atoms with Gasteiger partial charge < -0.3 is 9.38 Å². The lowest BCUT2D eigenvalue weighted by atomic mass is 9.43. The van der Waals surface area contributed by atoms with Crippen molar-refractivity contribution in [2.24, 2.45) is 0 Å². The molecule has 0 unspecified atom stereocenters. The van der Waals surface area contributed by atoms with E-state index in [1.807, 2.05) is 11.3 Å². The number of nitrogens with zero attached hydrogens (tertiary/aromatic N) is 2. The molecule has 4 heteroatoms. The minimum atomic E-state index is -0.281. The van der Waals surface area contributed by atoms with Crippen LogP contribution in [0.1, 0.15) is 115 Å². The van der Waals surface area contributed by atoms with Crippen molar-refractivity contribution in [3.8, 4) is 39.1 Å². The lowest BCUT2D eigenvalue weighted by Crippen LogP contribution is -2.61.